The highest BCUT2D eigenvalue weighted by Gasteiger charge is 2.23. The summed E-state index contributed by atoms with van der Waals surface area (Å²) in [4.78, 5) is 14.2. The standard InChI is InChI=1S/C9H4F3NOS/c10-4-1-5(11)8(6(12)2-4)9-13-7(14)3-15-9/h1-2H,3H2. The minimum atomic E-state index is -1.05. The first-order valence-electron chi connectivity index (χ1n) is 3.97. The van der Waals surface area contributed by atoms with Crippen molar-refractivity contribution in [2.75, 3.05) is 5.75 Å². The van der Waals surface area contributed by atoms with E-state index in [9.17, 15) is 18.0 Å². The van der Waals surface area contributed by atoms with E-state index in [1.54, 1.807) is 0 Å². The minimum absolute atomic E-state index is 0.0324. The molecule has 0 fully saturated rings. The molecule has 0 spiro atoms. The second-order valence-electron chi connectivity index (χ2n) is 2.84. The molecule has 0 aromatic heterocycles. The van der Waals surface area contributed by atoms with E-state index >= 15 is 0 Å². The van der Waals surface area contributed by atoms with E-state index in [-0.39, 0.29) is 10.8 Å². The topological polar surface area (TPSA) is 29.4 Å². The van der Waals surface area contributed by atoms with Crippen LogP contribution in [-0.4, -0.2) is 16.7 Å². The van der Waals surface area contributed by atoms with Crippen LogP contribution in [0.5, 0.6) is 0 Å². The number of halogens is 3. The molecule has 6 heteroatoms. The first-order valence-corrected chi connectivity index (χ1v) is 4.95. The third kappa shape index (κ3) is 1.90. The van der Waals surface area contributed by atoms with Crippen molar-refractivity contribution >= 4 is 22.7 Å². The van der Waals surface area contributed by atoms with Crippen molar-refractivity contribution in [1.82, 2.24) is 0 Å². The molecule has 1 amide bonds. The highest BCUT2D eigenvalue weighted by atomic mass is 32.2. The van der Waals surface area contributed by atoms with Gasteiger partial charge in [-0.05, 0) is 0 Å². The highest BCUT2D eigenvalue weighted by Crippen LogP contribution is 2.25. The van der Waals surface area contributed by atoms with Gasteiger partial charge >= 0.3 is 0 Å². The van der Waals surface area contributed by atoms with Gasteiger partial charge in [-0.2, -0.15) is 0 Å². The van der Waals surface area contributed by atoms with Gasteiger partial charge in [-0.1, -0.05) is 11.8 Å². The lowest BCUT2D eigenvalue weighted by Gasteiger charge is -2.03. The largest absolute Gasteiger partial charge is 0.272 e. The van der Waals surface area contributed by atoms with Crippen molar-refractivity contribution in [3.05, 3.63) is 35.1 Å². The number of thioether (sulfide) groups is 1. The Labute approximate surface area is 87.2 Å². The van der Waals surface area contributed by atoms with Gasteiger partial charge in [0.1, 0.15) is 22.5 Å². The molecule has 1 aliphatic rings. The Hall–Kier alpha value is -1.30. The van der Waals surface area contributed by atoms with Gasteiger partial charge in [-0.3, -0.25) is 4.79 Å². The molecule has 1 aromatic carbocycles. The van der Waals surface area contributed by atoms with Crippen molar-refractivity contribution in [1.29, 1.82) is 0 Å². The molecule has 0 atom stereocenters. The van der Waals surface area contributed by atoms with Gasteiger partial charge in [-0.25, -0.2) is 18.2 Å². The molecule has 2 rings (SSSR count). The molecule has 0 saturated carbocycles. The summed E-state index contributed by atoms with van der Waals surface area (Å²) in [6.07, 6.45) is 0. The van der Waals surface area contributed by atoms with Crippen LogP contribution in [0.3, 0.4) is 0 Å². The smallest absolute Gasteiger partial charge is 0.257 e. The maximum atomic E-state index is 13.2. The number of benzene rings is 1. The lowest BCUT2D eigenvalue weighted by Crippen LogP contribution is -2.02. The van der Waals surface area contributed by atoms with Crippen LogP contribution in [0, 0.1) is 17.5 Å². The van der Waals surface area contributed by atoms with Crippen molar-refractivity contribution < 1.29 is 18.0 Å². The molecule has 15 heavy (non-hydrogen) atoms. The van der Waals surface area contributed by atoms with Gasteiger partial charge in [0.05, 0.1) is 11.3 Å². The number of hydrogen-bond acceptors (Lipinski definition) is 2. The highest BCUT2D eigenvalue weighted by molar-refractivity contribution is 8.15. The van der Waals surface area contributed by atoms with Crippen molar-refractivity contribution in [3.8, 4) is 0 Å². The number of carbonyl (C=O) groups is 1. The van der Waals surface area contributed by atoms with E-state index in [4.69, 9.17) is 0 Å². The molecule has 0 radical (unpaired) electrons. The molecular formula is C9H4F3NOS. The number of nitrogens with zero attached hydrogens (tertiary/aromatic N) is 1. The Morgan fingerprint density at radius 2 is 1.80 bits per heavy atom. The van der Waals surface area contributed by atoms with Crippen LogP contribution in [0.15, 0.2) is 17.1 Å². The summed E-state index contributed by atoms with van der Waals surface area (Å²) >= 11 is 0.936. The number of amides is 1. The molecule has 2 nitrogen and oxygen atoms in total. The zero-order valence-corrected chi connectivity index (χ0v) is 8.08. The predicted molar refractivity (Wildman–Crippen MR) is 50.3 cm³/mol. The third-order valence-corrected chi connectivity index (χ3v) is 2.74. The Morgan fingerprint density at radius 1 is 1.20 bits per heavy atom. The van der Waals surface area contributed by atoms with Gasteiger partial charge in [0, 0.05) is 12.1 Å². The Bertz CT molecular complexity index is 449. The fraction of sp³-hybridized carbons (Fsp3) is 0.111. The van der Waals surface area contributed by atoms with Gasteiger partial charge < -0.3 is 0 Å². The second-order valence-corrected chi connectivity index (χ2v) is 3.81. The maximum absolute atomic E-state index is 13.2. The SMILES string of the molecule is O=C1CSC(c2c(F)cc(F)cc2F)=N1. The molecule has 0 saturated heterocycles. The number of rotatable bonds is 1. The second kappa shape index (κ2) is 3.69. The Morgan fingerprint density at radius 3 is 2.27 bits per heavy atom. The molecule has 0 unspecified atom stereocenters. The minimum Gasteiger partial charge on any atom is -0.272 e. The van der Waals surface area contributed by atoms with Crippen molar-refractivity contribution in [2.45, 2.75) is 0 Å². The summed E-state index contributed by atoms with van der Waals surface area (Å²) in [6, 6.07) is 1.12. The van der Waals surface area contributed by atoms with E-state index in [0.717, 1.165) is 11.8 Å². The summed E-state index contributed by atoms with van der Waals surface area (Å²) in [6.45, 7) is 0. The van der Waals surface area contributed by atoms with Gasteiger partial charge in [0.2, 0.25) is 0 Å². The molecule has 1 aromatic rings. The zero-order valence-electron chi connectivity index (χ0n) is 7.26. The molecule has 78 valence electrons. The average molecular weight is 231 g/mol. The molecule has 0 N–H and O–H groups in total. The molecule has 1 heterocycles. The Balaban J connectivity index is 2.53. The van der Waals surface area contributed by atoms with E-state index in [2.05, 4.69) is 4.99 Å². The molecular weight excluding hydrogens is 227 g/mol. The lowest BCUT2D eigenvalue weighted by atomic mass is 10.2. The van der Waals surface area contributed by atoms with Crippen LogP contribution in [0.2, 0.25) is 0 Å². The fourth-order valence-corrected chi connectivity index (χ4v) is 2.01. The normalized spacial score (nSPS) is 15.7. The third-order valence-electron chi connectivity index (χ3n) is 1.78. The average Bonchev–Trinajstić information content (AvgIpc) is 2.49. The Kier molecular flexibility index (Phi) is 2.52. The lowest BCUT2D eigenvalue weighted by molar-refractivity contribution is -0.115. The number of aliphatic imine (C=N–C) groups is 1. The summed E-state index contributed by atoms with van der Waals surface area (Å²) in [5.74, 6) is -3.48. The molecule has 0 aliphatic carbocycles. The number of hydrogen-bond donors (Lipinski definition) is 0. The summed E-state index contributed by atoms with van der Waals surface area (Å²) in [7, 11) is 0. The van der Waals surface area contributed by atoms with Gasteiger partial charge in [-0.15, -0.1) is 0 Å². The van der Waals surface area contributed by atoms with Crippen LogP contribution in [0.1, 0.15) is 5.56 Å². The van der Waals surface area contributed by atoms with E-state index < -0.39 is 28.9 Å². The number of carbonyl (C=O) groups excluding carboxylic acids is 1. The quantitative estimate of drug-likeness (QED) is 0.740. The predicted octanol–water partition coefficient (Wildman–Crippen LogP) is 2.12. The fourth-order valence-electron chi connectivity index (χ4n) is 1.18. The van der Waals surface area contributed by atoms with Crippen LogP contribution in [0.25, 0.3) is 0 Å². The zero-order chi connectivity index (χ0) is 11.0. The summed E-state index contributed by atoms with van der Waals surface area (Å²) in [5.41, 5.74) is -0.438. The van der Waals surface area contributed by atoms with Gasteiger partial charge in [0.25, 0.3) is 5.91 Å². The van der Waals surface area contributed by atoms with E-state index in [1.807, 2.05) is 0 Å². The van der Waals surface area contributed by atoms with E-state index in [1.165, 1.54) is 0 Å². The monoisotopic (exact) mass is 231 g/mol. The van der Waals surface area contributed by atoms with Crippen molar-refractivity contribution in [3.63, 3.8) is 0 Å². The first kappa shape index (κ1) is 10.2. The van der Waals surface area contributed by atoms with Crippen LogP contribution >= 0.6 is 11.8 Å². The molecule has 1 aliphatic heterocycles. The van der Waals surface area contributed by atoms with Crippen LogP contribution in [0.4, 0.5) is 13.2 Å². The van der Waals surface area contributed by atoms with Crippen molar-refractivity contribution in [2.24, 2.45) is 4.99 Å². The maximum Gasteiger partial charge on any atom is 0.257 e. The first-order chi connectivity index (χ1) is 7.08. The summed E-state index contributed by atoms with van der Waals surface area (Å²) in [5, 5.41) is -0.0324. The van der Waals surface area contributed by atoms with E-state index in [0.29, 0.717) is 12.1 Å². The van der Waals surface area contributed by atoms with Crippen LogP contribution in [-0.2, 0) is 4.79 Å². The van der Waals surface area contributed by atoms with Crippen LogP contribution < -0.4 is 0 Å². The summed E-state index contributed by atoms with van der Waals surface area (Å²) < 4.78 is 39.0. The molecule has 0 bridgehead atoms. The van der Waals surface area contributed by atoms with Gasteiger partial charge in [0.15, 0.2) is 0 Å².